The summed E-state index contributed by atoms with van der Waals surface area (Å²) >= 11 is 3.05. The largest absolute Gasteiger partial charge is 0.468 e. The van der Waals surface area contributed by atoms with Crippen LogP contribution in [0.1, 0.15) is 17.7 Å². The molecule has 0 aromatic carbocycles. The molecule has 4 nitrogen and oxygen atoms in total. The highest BCUT2D eigenvalue weighted by molar-refractivity contribution is 7.99. The quantitative estimate of drug-likeness (QED) is 0.870. The number of hydrogen-bond acceptors (Lipinski definition) is 5. The van der Waals surface area contributed by atoms with Crippen LogP contribution in [0.2, 0.25) is 0 Å². The van der Waals surface area contributed by atoms with E-state index in [4.69, 9.17) is 9.68 Å². The Bertz CT molecular complexity index is 642. The Labute approximate surface area is 125 Å². The standard InChI is InChI=1S/C14H12N2O2S2/c15-8-10-4-7-19-14(10)16-5-3-12(13(16)17)20-9-11-2-1-6-18-11/h1-2,4,6-7,12H,3,5,9H2/t12-/m0/s1. The highest BCUT2D eigenvalue weighted by atomic mass is 32.2. The molecule has 1 saturated heterocycles. The van der Waals surface area contributed by atoms with Crippen molar-refractivity contribution >= 4 is 34.0 Å². The molecule has 0 saturated carbocycles. The number of carbonyl (C=O) groups excluding carboxylic acids is 1. The second-order valence-electron chi connectivity index (χ2n) is 4.41. The number of anilines is 1. The van der Waals surface area contributed by atoms with Gasteiger partial charge >= 0.3 is 0 Å². The fourth-order valence-electron chi connectivity index (χ4n) is 2.18. The fraction of sp³-hybridized carbons (Fsp3) is 0.286. The lowest BCUT2D eigenvalue weighted by Crippen LogP contribution is -2.27. The number of carbonyl (C=O) groups is 1. The summed E-state index contributed by atoms with van der Waals surface area (Å²) < 4.78 is 5.28. The second kappa shape index (κ2) is 5.73. The molecular weight excluding hydrogens is 292 g/mol. The van der Waals surface area contributed by atoms with E-state index < -0.39 is 0 Å². The van der Waals surface area contributed by atoms with Crippen LogP contribution in [0.4, 0.5) is 5.00 Å². The Kier molecular flexibility index (Phi) is 3.81. The predicted molar refractivity (Wildman–Crippen MR) is 79.8 cm³/mol. The van der Waals surface area contributed by atoms with Gasteiger partial charge in [-0.15, -0.1) is 23.1 Å². The Morgan fingerprint density at radius 1 is 1.55 bits per heavy atom. The van der Waals surface area contributed by atoms with Crippen molar-refractivity contribution in [3.05, 3.63) is 41.2 Å². The molecule has 1 amide bonds. The summed E-state index contributed by atoms with van der Waals surface area (Å²) in [7, 11) is 0. The Balaban J connectivity index is 1.67. The average molecular weight is 304 g/mol. The van der Waals surface area contributed by atoms with Crippen molar-refractivity contribution in [2.24, 2.45) is 0 Å². The topological polar surface area (TPSA) is 57.2 Å². The van der Waals surface area contributed by atoms with Gasteiger partial charge in [0.05, 0.1) is 22.8 Å². The third-order valence-corrected chi connectivity index (χ3v) is 5.40. The molecule has 3 rings (SSSR count). The number of furan rings is 1. The molecule has 2 aromatic heterocycles. The molecular formula is C14H12N2O2S2. The summed E-state index contributed by atoms with van der Waals surface area (Å²) in [4.78, 5) is 14.1. The predicted octanol–water partition coefficient (Wildman–Crippen LogP) is 3.25. The van der Waals surface area contributed by atoms with Crippen molar-refractivity contribution in [1.29, 1.82) is 5.26 Å². The lowest BCUT2D eigenvalue weighted by molar-refractivity contribution is -0.116. The van der Waals surface area contributed by atoms with E-state index in [1.807, 2.05) is 17.5 Å². The van der Waals surface area contributed by atoms with Crippen LogP contribution in [0.25, 0.3) is 0 Å². The van der Waals surface area contributed by atoms with Crippen molar-refractivity contribution in [3.63, 3.8) is 0 Å². The van der Waals surface area contributed by atoms with Crippen molar-refractivity contribution in [2.75, 3.05) is 11.4 Å². The zero-order valence-electron chi connectivity index (χ0n) is 10.6. The maximum absolute atomic E-state index is 12.4. The van der Waals surface area contributed by atoms with Gasteiger partial charge in [-0.1, -0.05) is 0 Å². The molecule has 6 heteroatoms. The minimum absolute atomic E-state index is 0.0475. The van der Waals surface area contributed by atoms with Crippen molar-refractivity contribution in [1.82, 2.24) is 0 Å². The van der Waals surface area contributed by atoms with Gasteiger partial charge in [-0.2, -0.15) is 5.26 Å². The Morgan fingerprint density at radius 3 is 3.20 bits per heavy atom. The molecule has 0 bridgehead atoms. The first kappa shape index (κ1) is 13.3. The van der Waals surface area contributed by atoms with Crippen LogP contribution in [0.3, 0.4) is 0 Å². The van der Waals surface area contributed by atoms with Gasteiger partial charge < -0.3 is 9.32 Å². The van der Waals surface area contributed by atoms with Crippen LogP contribution in [-0.4, -0.2) is 17.7 Å². The van der Waals surface area contributed by atoms with Crippen LogP contribution in [-0.2, 0) is 10.5 Å². The Hall–Kier alpha value is -1.71. The summed E-state index contributed by atoms with van der Waals surface area (Å²) in [6.45, 7) is 0.684. The minimum atomic E-state index is -0.0475. The number of nitriles is 1. The van der Waals surface area contributed by atoms with E-state index in [0.29, 0.717) is 17.9 Å². The second-order valence-corrected chi connectivity index (χ2v) is 6.49. The van der Waals surface area contributed by atoms with Gasteiger partial charge in [-0.3, -0.25) is 4.79 Å². The average Bonchev–Trinajstić information content (AvgIpc) is 3.17. The van der Waals surface area contributed by atoms with Crippen LogP contribution in [0.5, 0.6) is 0 Å². The van der Waals surface area contributed by atoms with E-state index in [1.54, 1.807) is 29.0 Å². The monoisotopic (exact) mass is 304 g/mol. The van der Waals surface area contributed by atoms with E-state index >= 15 is 0 Å². The molecule has 102 valence electrons. The maximum atomic E-state index is 12.4. The number of thiophene rings is 1. The third kappa shape index (κ3) is 2.47. The summed E-state index contributed by atoms with van der Waals surface area (Å²) in [5.74, 6) is 1.68. The minimum Gasteiger partial charge on any atom is -0.468 e. The van der Waals surface area contributed by atoms with Gasteiger partial charge in [0.15, 0.2) is 0 Å². The van der Waals surface area contributed by atoms with Crippen molar-refractivity contribution < 1.29 is 9.21 Å². The number of hydrogen-bond donors (Lipinski definition) is 0. The van der Waals surface area contributed by atoms with Gasteiger partial charge in [0.2, 0.25) is 5.91 Å². The molecule has 0 N–H and O–H groups in total. The van der Waals surface area contributed by atoms with Gasteiger partial charge in [0, 0.05) is 6.54 Å². The summed E-state index contributed by atoms with van der Waals surface area (Å²) in [6, 6.07) is 7.66. The number of rotatable bonds is 4. The molecule has 1 aliphatic heterocycles. The zero-order chi connectivity index (χ0) is 13.9. The van der Waals surface area contributed by atoms with Crippen molar-refractivity contribution in [2.45, 2.75) is 17.4 Å². The first-order valence-corrected chi connectivity index (χ1v) is 8.15. The highest BCUT2D eigenvalue weighted by Crippen LogP contribution is 2.35. The fourth-order valence-corrected chi connectivity index (χ4v) is 4.14. The lowest BCUT2D eigenvalue weighted by Gasteiger charge is -2.14. The number of nitrogens with zero attached hydrogens (tertiary/aromatic N) is 2. The van der Waals surface area contributed by atoms with E-state index in [0.717, 1.165) is 17.2 Å². The van der Waals surface area contributed by atoms with Crippen LogP contribution in [0.15, 0.2) is 34.3 Å². The first-order valence-electron chi connectivity index (χ1n) is 6.22. The summed E-state index contributed by atoms with van der Waals surface area (Å²) in [5.41, 5.74) is 0.583. The molecule has 0 aliphatic carbocycles. The normalized spacial score (nSPS) is 18.4. The molecule has 2 aromatic rings. The van der Waals surface area contributed by atoms with E-state index in [-0.39, 0.29) is 11.2 Å². The number of amides is 1. The first-order chi connectivity index (χ1) is 9.79. The molecule has 0 unspecified atom stereocenters. The maximum Gasteiger partial charge on any atom is 0.240 e. The SMILES string of the molecule is N#Cc1ccsc1N1CC[C@H](SCc2ccco2)C1=O. The molecule has 0 spiro atoms. The van der Waals surface area contributed by atoms with E-state index in [1.165, 1.54) is 11.3 Å². The molecule has 1 aliphatic rings. The van der Waals surface area contributed by atoms with Crippen LogP contribution in [0, 0.1) is 11.3 Å². The van der Waals surface area contributed by atoms with E-state index in [9.17, 15) is 4.79 Å². The van der Waals surface area contributed by atoms with Crippen LogP contribution >= 0.6 is 23.1 Å². The van der Waals surface area contributed by atoms with E-state index in [2.05, 4.69) is 6.07 Å². The lowest BCUT2D eigenvalue weighted by atomic mass is 10.3. The highest BCUT2D eigenvalue weighted by Gasteiger charge is 2.34. The van der Waals surface area contributed by atoms with Gasteiger partial charge in [0.25, 0.3) is 0 Å². The van der Waals surface area contributed by atoms with Crippen molar-refractivity contribution in [3.8, 4) is 6.07 Å². The molecule has 1 atom stereocenters. The molecule has 1 fully saturated rings. The molecule has 0 radical (unpaired) electrons. The van der Waals surface area contributed by atoms with Gasteiger partial charge in [-0.25, -0.2) is 0 Å². The summed E-state index contributed by atoms with van der Waals surface area (Å²) in [6.07, 6.45) is 2.45. The number of thioether (sulfide) groups is 1. The Morgan fingerprint density at radius 2 is 2.45 bits per heavy atom. The van der Waals surface area contributed by atoms with Gasteiger partial charge in [-0.05, 0) is 30.0 Å². The van der Waals surface area contributed by atoms with Crippen LogP contribution < -0.4 is 4.90 Å². The molecule has 20 heavy (non-hydrogen) atoms. The third-order valence-electron chi connectivity index (χ3n) is 3.17. The zero-order valence-corrected chi connectivity index (χ0v) is 12.2. The summed E-state index contributed by atoms with van der Waals surface area (Å²) in [5, 5.41) is 11.6. The van der Waals surface area contributed by atoms with Gasteiger partial charge in [0.1, 0.15) is 16.8 Å². The molecule has 3 heterocycles. The smallest absolute Gasteiger partial charge is 0.240 e.